The van der Waals surface area contributed by atoms with Gasteiger partial charge in [-0.1, -0.05) is 19.9 Å². The van der Waals surface area contributed by atoms with Gasteiger partial charge in [0.25, 0.3) is 0 Å². The molecule has 0 amide bonds. The molecule has 1 saturated heterocycles. The number of H-pyrrole nitrogens is 1. The maximum atomic E-state index is 4.30. The summed E-state index contributed by atoms with van der Waals surface area (Å²) in [5.74, 6) is 1.26. The lowest BCUT2D eigenvalue weighted by atomic mass is 9.99. The van der Waals surface area contributed by atoms with Crippen LogP contribution >= 0.6 is 0 Å². The van der Waals surface area contributed by atoms with Crippen molar-refractivity contribution in [1.82, 2.24) is 35.7 Å². The standard InChI is InChI=1S/C21H28N8/c1-15(2)12-17-5-7-19(21-24-26-27-25-21)20(13-17)29-10-8-28(9-11-29)14-18-6-4-16(3)22-23-18/h4-7,13,15H,8-12,14H2,1-3H3,(H,24,25,26,27). The van der Waals surface area contributed by atoms with Gasteiger partial charge in [0.2, 0.25) is 5.82 Å². The van der Waals surface area contributed by atoms with Gasteiger partial charge in [0.1, 0.15) is 0 Å². The minimum atomic E-state index is 0.617. The van der Waals surface area contributed by atoms with Gasteiger partial charge >= 0.3 is 0 Å². The zero-order chi connectivity index (χ0) is 20.2. The molecule has 152 valence electrons. The van der Waals surface area contributed by atoms with E-state index >= 15 is 0 Å². The van der Waals surface area contributed by atoms with Crippen LogP contribution < -0.4 is 4.90 Å². The van der Waals surface area contributed by atoms with E-state index in [-0.39, 0.29) is 0 Å². The lowest BCUT2D eigenvalue weighted by molar-refractivity contribution is 0.246. The minimum absolute atomic E-state index is 0.617. The van der Waals surface area contributed by atoms with Crippen LogP contribution in [-0.4, -0.2) is 61.9 Å². The second kappa shape index (κ2) is 8.65. The predicted octanol–water partition coefficient (Wildman–Crippen LogP) is 2.49. The van der Waals surface area contributed by atoms with Crippen LogP contribution in [0.4, 0.5) is 5.69 Å². The lowest BCUT2D eigenvalue weighted by Crippen LogP contribution is -2.46. The normalized spacial score (nSPS) is 15.2. The molecule has 29 heavy (non-hydrogen) atoms. The van der Waals surface area contributed by atoms with Crippen LogP contribution in [-0.2, 0) is 13.0 Å². The Morgan fingerprint density at radius 1 is 1.00 bits per heavy atom. The first-order valence-electron chi connectivity index (χ1n) is 10.2. The molecule has 4 rings (SSSR count). The van der Waals surface area contributed by atoms with E-state index in [4.69, 9.17) is 0 Å². The van der Waals surface area contributed by atoms with Gasteiger partial charge in [0.05, 0.1) is 11.4 Å². The SMILES string of the molecule is Cc1ccc(CN2CCN(c3cc(CC(C)C)ccc3-c3nn[nH]n3)CC2)nn1. The number of anilines is 1. The molecule has 8 nitrogen and oxygen atoms in total. The van der Waals surface area contributed by atoms with Crippen molar-refractivity contribution in [2.45, 2.75) is 33.7 Å². The summed E-state index contributed by atoms with van der Waals surface area (Å²) in [6, 6.07) is 10.7. The van der Waals surface area contributed by atoms with Crippen molar-refractivity contribution in [2.24, 2.45) is 5.92 Å². The monoisotopic (exact) mass is 392 g/mol. The quantitative estimate of drug-likeness (QED) is 0.689. The fraction of sp³-hybridized carbons (Fsp3) is 0.476. The first-order chi connectivity index (χ1) is 14.1. The Labute approximate surface area is 171 Å². The molecule has 1 aromatic carbocycles. The third-order valence-electron chi connectivity index (χ3n) is 5.24. The van der Waals surface area contributed by atoms with Gasteiger partial charge in [-0.15, -0.1) is 10.2 Å². The Balaban J connectivity index is 1.49. The van der Waals surface area contributed by atoms with Crippen molar-refractivity contribution >= 4 is 5.69 Å². The molecule has 0 unspecified atom stereocenters. The Morgan fingerprint density at radius 3 is 2.48 bits per heavy atom. The van der Waals surface area contributed by atoms with Gasteiger partial charge in [0, 0.05) is 44.0 Å². The fourth-order valence-corrected chi connectivity index (χ4v) is 3.79. The zero-order valence-electron chi connectivity index (χ0n) is 17.3. The number of tetrazole rings is 1. The largest absolute Gasteiger partial charge is 0.368 e. The van der Waals surface area contributed by atoms with E-state index in [0.29, 0.717) is 11.7 Å². The summed E-state index contributed by atoms with van der Waals surface area (Å²) in [6.45, 7) is 11.2. The molecule has 0 atom stereocenters. The topological polar surface area (TPSA) is 86.7 Å². The van der Waals surface area contributed by atoms with E-state index in [9.17, 15) is 0 Å². The molecular weight excluding hydrogens is 364 g/mol. The number of hydrogen-bond acceptors (Lipinski definition) is 7. The number of rotatable bonds is 6. The summed E-state index contributed by atoms with van der Waals surface area (Å²) in [5.41, 5.74) is 5.55. The van der Waals surface area contributed by atoms with Gasteiger partial charge in [-0.25, -0.2) is 0 Å². The Hall–Kier alpha value is -2.87. The lowest BCUT2D eigenvalue weighted by Gasteiger charge is -2.36. The van der Waals surface area contributed by atoms with Crippen LogP contribution in [0.15, 0.2) is 30.3 Å². The van der Waals surface area contributed by atoms with Crippen molar-refractivity contribution in [1.29, 1.82) is 0 Å². The van der Waals surface area contributed by atoms with Crippen molar-refractivity contribution in [3.8, 4) is 11.4 Å². The molecule has 0 bridgehead atoms. The summed E-state index contributed by atoms with van der Waals surface area (Å²) in [7, 11) is 0. The van der Waals surface area contributed by atoms with E-state index in [2.05, 4.69) is 78.7 Å². The van der Waals surface area contributed by atoms with Gasteiger partial charge in [-0.3, -0.25) is 4.90 Å². The number of aromatic amines is 1. The molecule has 0 spiro atoms. The van der Waals surface area contributed by atoms with E-state index in [1.54, 1.807) is 0 Å². The number of nitrogens with zero attached hydrogens (tertiary/aromatic N) is 7. The highest BCUT2D eigenvalue weighted by Crippen LogP contribution is 2.31. The molecule has 1 fully saturated rings. The Kier molecular flexibility index (Phi) is 5.80. The van der Waals surface area contributed by atoms with Gasteiger partial charge < -0.3 is 4.90 Å². The van der Waals surface area contributed by atoms with Crippen LogP contribution in [0.25, 0.3) is 11.4 Å². The molecule has 1 aliphatic rings. The predicted molar refractivity (Wildman–Crippen MR) is 112 cm³/mol. The smallest absolute Gasteiger partial charge is 0.206 e. The molecule has 3 heterocycles. The number of piperazine rings is 1. The number of nitrogens with one attached hydrogen (secondary N) is 1. The molecular formula is C21H28N8. The number of aryl methyl sites for hydroxylation is 1. The van der Waals surface area contributed by atoms with Crippen LogP contribution in [0.5, 0.6) is 0 Å². The van der Waals surface area contributed by atoms with Crippen molar-refractivity contribution in [3.05, 3.63) is 47.3 Å². The first kappa shape index (κ1) is 19.4. The summed E-state index contributed by atoms with van der Waals surface area (Å²) in [6.07, 6.45) is 1.06. The fourth-order valence-electron chi connectivity index (χ4n) is 3.79. The second-order valence-corrected chi connectivity index (χ2v) is 8.11. The number of hydrogen-bond donors (Lipinski definition) is 1. The molecule has 2 aromatic heterocycles. The molecule has 3 aromatic rings. The number of benzene rings is 1. The molecule has 0 radical (unpaired) electrons. The van der Waals surface area contributed by atoms with Crippen LogP contribution in [0.1, 0.15) is 30.8 Å². The zero-order valence-corrected chi connectivity index (χ0v) is 17.3. The van der Waals surface area contributed by atoms with E-state index in [0.717, 1.165) is 56.1 Å². The molecule has 0 aliphatic carbocycles. The summed E-state index contributed by atoms with van der Waals surface area (Å²) in [5, 5.41) is 23.2. The van der Waals surface area contributed by atoms with Crippen molar-refractivity contribution in [3.63, 3.8) is 0 Å². The summed E-state index contributed by atoms with van der Waals surface area (Å²) >= 11 is 0. The molecule has 1 aliphatic heterocycles. The second-order valence-electron chi connectivity index (χ2n) is 8.11. The van der Waals surface area contributed by atoms with E-state index in [1.165, 1.54) is 11.3 Å². The minimum Gasteiger partial charge on any atom is -0.368 e. The number of aromatic nitrogens is 6. The van der Waals surface area contributed by atoms with Crippen molar-refractivity contribution < 1.29 is 0 Å². The maximum absolute atomic E-state index is 4.30. The Morgan fingerprint density at radius 2 is 1.83 bits per heavy atom. The molecule has 0 saturated carbocycles. The van der Waals surface area contributed by atoms with Crippen LogP contribution in [0, 0.1) is 12.8 Å². The highest BCUT2D eigenvalue weighted by Gasteiger charge is 2.22. The third-order valence-corrected chi connectivity index (χ3v) is 5.24. The summed E-state index contributed by atoms with van der Waals surface area (Å²) < 4.78 is 0. The summed E-state index contributed by atoms with van der Waals surface area (Å²) in [4.78, 5) is 4.87. The molecule has 8 heteroatoms. The molecule has 1 N–H and O–H groups in total. The highest BCUT2D eigenvalue weighted by molar-refractivity contribution is 5.75. The van der Waals surface area contributed by atoms with E-state index in [1.807, 2.05) is 13.0 Å². The average Bonchev–Trinajstić information content (AvgIpc) is 3.24. The van der Waals surface area contributed by atoms with Crippen LogP contribution in [0.3, 0.4) is 0 Å². The maximum Gasteiger partial charge on any atom is 0.206 e. The van der Waals surface area contributed by atoms with Gasteiger partial charge in [0.15, 0.2) is 0 Å². The van der Waals surface area contributed by atoms with Crippen LogP contribution in [0.2, 0.25) is 0 Å². The van der Waals surface area contributed by atoms with Gasteiger partial charge in [-0.05, 0) is 54.3 Å². The Bertz CT molecular complexity index is 912. The first-order valence-corrected chi connectivity index (χ1v) is 10.2. The van der Waals surface area contributed by atoms with Crippen molar-refractivity contribution in [2.75, 3.05) is 31.1 Å². The average molecular weight is 393 g/mol. The van der Waals surface area contributed by atoms with Gasteiger partial charge in [-0.2, -0.15) is 15.4 Å². The third kappa shape index (κ3) is 4.76. The highest BCUT2D eigenvalue weighted by atomic mass is 15.5. The van der Waals surface area contributed by atoms with E-state index < -0.39 is 0 Å².